The van der Waals surface area contributed by atoms with E-state index in [9.17, 15) is 9.18 Å². The SMILES string of the molecule is COC1CN(C(=O)c2cc(F)ccc2N)CCC1C. The third-order valence-corrected chi connectivity index (χ3v) is 3.73. The van der Waals surface area contributed by atoms with Gasteiger partial charge in [0.2, 0.25) is 0 Å². The van der Waals surface area contributed by atoms with Crippen LogP contribution in [0.2, 0.25) is 0 Å². The van der Waals surface area contributed by atoms with Crippen molar-refractivity contribution in [3.05, 3.63) is 29.6 Å². The molecule has 19 heavy (non-hydrogen) atoms. The molecule has 2 unspecified atom stereocenters. The summed E-state index contributed by atoms with van der Waals surface area (Å²) in [6, 6.07) is 3.86. The topological polar surface area (TPSA) is 55.6 Å². The van der Waals surface area contributed by atoms with Gasteiger partial charge in [0.25, 0.3) is 5.91 Å². The zero-order valence-electron chi connectivity index (χ0n) is 11.2. The molecule has 0 spiro atoms. The van der Waals surface area contributed by atoms with Crippen LogP contribution in [0.3, 0.4) is 0 Å². The Bertz CT molecular complexity index is 479. The van der Waals surface area contributed by atoms with Crippen molar-refractivity contribution in [2.45, 2.75) is 19.4 Å². The zero-order valence-corrected chi connectivity index (χ0v) is 11.2. The number of benzene rings is 1. The fourth-order valence-electron chi connectivity index (χ4n) is 2.41. The van der Waals surface area contributed by atoms with E-state index in [2.05, 4.69) is 6.92 Å². The van der Waals surface area contributed by atoms with E-state index in [1.54, 1.807) is 12.0 Å². The van der Waals surface area contributed by atoms with Gasteiger partial charge in [-0.1, -0.05) is 6.92 Å². The summed E-state index contributed by atoms with van der Waals surface area (Å²) < 4.78 is 18.6. The van der Waals surface area contributed by atoms with Gasteiger partial charge < -0.3 is 15.4 Å². The van der Waals surface area contributed by atoms with Gasteiger partial charge in [-0.15, -0.1) is 0 Å². The van der Waals surface area contributed by atoms with E-state index >= 15 is 0 Å². The minimum Gasteiger partial charge on any atom is -0.398 e. The number of hydrogen-bond acceptors (Lipinski definition) is 3. The van der Waals surface area contributed by atoms with Crippen molar-refractivity contribution in [3.63, 3.8) is 0 Å². The zero-order chi connectivity index (χ0) is 14.0. The molecule has 104 valence electrons. The van der Waals surface area contributed by atoms with Gasteiger partial charge in [0.1, 0.15) is 5.82 Å². The van der Waals surface area contributed by atoms with Crippen molar-refractivity contribution in [1.82, 2.24) is 4.90 Å². The molecule has 1 amide bonds. The fourth-order valence-corrected chi connectivity index (χ4v) is 2.41. The van der Waals surface area contributed by atoms with Crippen molar-refractivity contribution >= 4 is 11.6 Å². The van der Waals surface area contributed by atoms with Gasteiger partial charge in [-0.05, 0) is 30.5 Å². The highest BCUT2D eigenvalue weighted by Crippen LogP contribution is 2.23. The van der Waals surface area contributed by atoms with Gasteiger partial charge in [-0.25, -0.2) is 4.39 Å². The summed E-state index contributed by atoms with van der Waals surface area (Å²) in [7, 11) is 1.64. The Hall–Kier alpha value is -1.62. The number of amides is 1. The van der Waals surface area contributed by atoms with Crippen LogP contribution in [-0.4, -0.2) is 37.1 Å². The minimum absolute atomic E-state index is 0.0208. The molecule has 0 bridgehead atoms. The van der Waals surface area contributed by atoms with Crippen molar-refractivity contribution in [1.29, 1.82) is 0 Å². The number of nitrogens with two attached hydrogens (primary N) is 1. The number of nitrogens with zero attached hydrogens (tertiary/aromatic N) is 1. The molecule has 2 N–H and O–H groups in total. The van der Waals surface area contributed by atoms with Crippen LogP contribution in [0.5, 0.6) is 0 Å². The normalized spacial score (nSPS) is 23.4. The maximum absolute atomic E-state index is 13.2. The first kappa shape index (κ1) is 13.8. The lowest BCUT2D eigenvalue weighted by Crippen LogP contribution is -2.46. The van der Waals surface area contributed by atoms with Crippen LogP contribution in [-0.2, 0) is 4.74 Å². The number of halogens is 1. The second-order valence-electron chi connectivity index (χ2n) is 5.02. The van der Waals surface area contributed by atoms with Crippen LogP contribution >= 0.6 is 0 Å². The number of hydrogen-bond donors (Lipinski definition) is 1. The van der Waals surface area contributed by atoms with E-state index in [0.29, 0.717) is 24.7 Å². The number of rotatable bonds is 2. The minimum atomic E-state index is -0.453. The molecule has 1 aliphatic heterocycles. The summed E-state index contributed by atoms with van der Waals surface area (Å²) >= 11 is 0. The lowest BCUT2D eigenvalue weighted by atomic mass is 9.95. The standard InChI is InChI=1S/C14H19FN2O2/c1-9-5-6-17(8-13(9)19-2)14(18)11-7-10(15)3-4-12(11)16/h3-4,7,9,13H,5-6,8,16H2,1-2H3. The second kappa shape index (κ2) is 5.57. The molecule has 2 rings (SSSR count). The summed E-state index contributed by atoms with van der Waals surface area (Å²) in [4.78, 5) is 14.0. The number of carbonyl (C=O) groups is 1. The van der Waals surface area contributed by atoms with Crippen molar-refractivity contribution < 1.29 is 13.9 Å². The quantitative estimate of drug-likeness (QED) is 0.832. The number of anilines is 1. The molecule has 1 heterocycles. The Labute approximate surface area is 112 Å². The molecule has 1 aromatic rings. The van der Waals surface area contributed by atoms with Gasteiger partial charge in [-0.2, -0.15) is 0 Å². The molecule has 1 saturated heterocycles. The first-order valence-electron chi connectivity index (χ1n) is 6.40. The predicted octanol–water partition coefficient (Wildman–Crippen LogP) is 1.90. The van der Waals surface area contributed by atoms with Crippen LogP contribution in [0.25, 0.3) is 0 Å². The number of nitrogen functional groups attached to an aromatic ring is 1. The van der Waals surface area contributed by atoms with Gasteiger partial charge in [0, 0.05) is 25.9 Å². The van der Waals surface area contributed by atoms with Crippen LogP contribution in [0.1, 0.15) is 23.7 Å². The number of likely N-dealkylation sites (tertiary alicyclic amines) is 1. The number of piperidine rings is 1. The number of methoxy groups -OCH3 is 1. The molecule has 4 nitrogen and oxygen atoms in total. The molecule has 1 aliphatic rings. The van der Waals surface area contributed by atoms with Gasteiger partial charge in [0.15, 0.2) is 0 Å². The lowest BCUT2D eigenvalue weighted by Gasteiger charge is -2.36. The summed E-state index contributed by atoms with van der Waals surface area (Å²) in [5, 5.41) is 0. The first-order valence-corrected chi connectivity index (χ1v) is 6.40. The maximum atomic E-state index is 13.2. The van der Waals surface area contributed by atoms with Crippen molar-refractivity contribution in [2.75, 3.05) is 25.9 Å². The average molecular weight is 266 g/mol. The molecule has 0 aliphatic carbocycles. The Balaban J connectivity index is 2.18. The van der Waals surface area contributed by atoms with E-state index < -0.39 is 5.82 Å². The molecular formula is C14H19FN2O2. The van der Waals surface area contributed by atoms with Gasteiger partial charge in [-0.3, -0.25) is 4.79 Å². The van der Waals surface area contributed by atoms with Gasteiger partial charge >= 0.3 is 0 Å². The van der Waals surface area contributed by atoms with Crippen LogP contribution in [0.15, 0.2) is 18.2 Å². The van der Waals surface area contributed by atoms with E-state index in [0.717, 1.165) is 6.42 Å². The van der Waals surface area contributed by atoms with Crippen LogP contribution < -0.4 is 5.73 Å². The van der Waals surface area contributed by atoms with E-state index in [1.165, 1.54) is 18.2 Å². The Kier molecular flexibility index (Phi) is 4.04. The summed E-state index contributed by atoms with van der Waals surface area (Å²) in [6.45, 7) is 3.27. The van der Waals surface area contributed by atoms with Crippen molar-refractivity contribution in [3.8, 4) is 0 Å². The summed E-state index contributed by atoms with van der Waals surface area (Å²) in [5.41, 5.74) is 6.28. The van der Waals surface area contributed by atoms with Gasteiger partial charge in [0.05, 0.1) is 11.7 Å². The molecule has 5 heteroatoms. The largest absolute Gasteiger partial charge is 0.398 e. The van der Waals surface area contributed by atoms with Crippen molar-refractivity contribution in [2.24, 2.45) is 5.92 Å². The second-order valence-corrected chi connectivity index (χ2v) is 5.02. The predicted molar refractivity (Wildman–Crippen MR) is 71.3 cm³/mol. The highest BCUT2D eigenvalue weighted by atomic mass is 19.1. The highest BCUT2D eigenvalue weighted by molar-refractivity contribution is 5.99. The Morgan fingerprint density at radius 2 is 2.26 bits per heavy atom. The fraction of sp³-hybridized carbons (Fsp3) is 0.500. The highest BCUT2D eigenvalue weighted by Gasteiger charge is 2.30. The molecular weight excluding hydrogens is 247 g/mol. The smallest absolute Gasteiger partial charge is 0.256 e. The maximum Gasteiger partial charge on any atom is 0.256 e. The third kappa shape index (κ3) is 2.87. The average Bonchev–Trinajstić information content (AvgIpc) is 2.41. The number of carbonyl (C=O) groups excluding carboxylic acids is 1. The van der Waals surface area contributed by atoms with E-state index in [-0.39, 0.29) is 17.6 Å². The molecule has 0 saturated carbocycles. The molecule has 0 aromatic heterocycles. The Morgan fingerprint density at radius 1 is 1.53 bits per heavy atom. The monoisotopic (exact) mass is 266 g/mol. The molecule has 2 atom stereocenters. The Morgan fingerprint density at radius 3 is 2.95 bits per heavy atom. The molecule has 1 aromatic carbocycles. The third-order valence-electron chi connectivity index (χ3n) is 3.73. The first-order chi connectivity index (χ1) is 9.02. The lowest BCUT2D eigenvalue weighted by molar-refractivity contribution is -0.00154. The summed E-state index contributed by atoms with van der Waals surface area (Å²) in [6.07, 6.45) is 0.895. The molecule has 1 fully saturated rings. The number of ether oxygens (including phenoxy) is 1. The van der Waals surface area contributed by atoms with Crippen LogP contribution in [0.4, 0.5) is 10.1 Å². The van der Waals surface area contributed by atoms with E-state index in [4.69, 9.17) is 10.5 Å². The summed E-state index contributed by atoms with van der Waals surface area (Å²) in [5.74, 6) is -0.268. The van der Waals surface area contributed by atoms with E-state index in [1.807, 2.05) is 0 Å². The van der Waals surface area contributed by atoms with Crippen LogP contribution in [0, 0.1) is 11.7 Å². The molecule has 0 radical (unpaired) electrons.